The summed E-state index contributed by atoms with van der Waals surface area (Å²) >= 11 is 5.83. The Hall–Kier alpha value is -1.41. The lowest BCUT2D eigenvalue weighted by molar-refractivity contribution is 0.859. The van der Waals surface area contributed by atoms with Crippen molar-refractivity contribution >= 4 is 11.6 Å². The number of hydrogen-bond donors (Lipinski definition) is 0. The van der Waals surface area contributed by atoms with Gasteiger partial charge in [0, 0.05) is 5.92 Å². The van der Waals surface area contributed by atoms with Crippen molar-refractivity contribution in [1.82, 2.24) is 9.97 Å². The highest BCUT2D eigenvalue weighted by molar-refractivity contribution is 6.29. The van der Waals surface area contributed by atoms with E-state index in [0.717, 1.165) is 5.69 Å². The van der Waals surface area contributed by atoms with Crippen LogP contribution >= 0.6 is 11.6 Å². The maximum Gasteiger partial charge on any atom is 0.132 e. The Morgan fingerprint density at radius 2 is 1.87 bits per heavy atom. The fourth-order valence-corrected chi connectivity index (χ4v) is 1.65. The fourth-order valence-electron chi connectivity index (χ4n) is 1.50. The van der Waals surface area contributed by atoms with E-state index in [2.05, 4.69) is 29.0 Å². The summed E-state index contributed by atoms with van der Waals surface area (Å²) in [7, 11) is 0. The lowest BCUT2D eigenvalue weighted by Gasteiger charge is -2.10. The molecule has 0 bridgehead atoms. The van der Waals surface area contributed by atoms with Crippen LogP contribution in [-0.2, 0) is 0 Å². The predicted molar refractivity (Wildman–Crippen MR) is 61.0 cm³/mol. The number of aromatic nitrogens is 2. The van der Waals surface area contributed by atoms with Gasteiger partial charge in [0.25, 0.3) is 0 Å². The van der Waals surface area contributed by atoms with Gasteiger partial charge in [0.15, 0.2) is 0 Å². The SMILES string of the molecule is C[C@@H](c1ccccc1)c1cc(Cl)ncn1. The summed E-state index contributed by atoms with van der Waals surface area (Å²) in [6.45, 7) is 2.11. The first-order valence-electron chi connectivity index (χ1n) is 4.80. The monoisotopic (exact) mass is 218 g/mol. The van der Waals surface area contributed by atoms with Crippen LogP contribution in [0, 0.1) is 0 Å². The van der Waals surface area contributed by atoms with Gasteiger partial charge in [-0.05, 0) is 11.6 Å². The molecule has 2 rings (SSSR count). The Bertz CT molecular complexity index is 442. The molecule has 1 atom stereocenters. The molecule has 0 fully saturated rings. The van der Waals surface area contributed by atoms with Crippen LogP contribution in [-0.4, -0.2) is 9.97 Å². The van der Waals surface area contributed by atoms with Gasteiger partial charge in [-0.3, -0.25) is 0 Å². The van der Waals surface area contributed by atoms with Gasteiger partial charge < -0.3 is 0 Å². The van der Waals surface area contributed by atoms with Gasteiger partial charge in [-0.25, -0.2) is 9.97 Å². The first-order valence-corrected chi connectivity index (χ1v) is 5.17. The van der Waals surface area contributed by atoms with Crippen molar-refractivity contribution in [2.45, 2.75) is 12.8 Å². The molecule has 1 aromatic carbocycles. The third-order valence-corrected chi connectivity index (χ3v) is 2.60. The highest BCUT2D eigenvalue weighted by Crippen LogP contribution is 2.22. The molecule has 1 aromatic heterocycles. The van der Waals surface area contributed by atoms with Crippen LogP contribution in [0.5, 0.6) is 0 Å². The highest BCUT2D eigenvalue weighted by atomic mass is 35.5. The molecule has 0 aliphatic carbocycles. The summed E-state index contributed by atoms with van der Waals surface area (Å²) in [5.74, 6) is 0.242. The van der Waals surface area contributed by atoms with E-state index in [1.165, 1.54) is 11.9 Å². The van der Waals surface area contributed by atoms with Gasteiger partial charge in [0.05, 0.1) is 5.69 Å². The van der Waals surface area contributed by atoms with Crippen LogP contribution in [0.2, 0.25) is 5.15 Å². The standard InChI is InChI=1S/C12H11ClN2/c1-9(10-5-3-2-4-6-10)11-7-12(13)15-8-14-11/h2-9H,1H3/t9-/m0/s1. The van der Waals surface area contributed by atoms with Crippen LogP contribution in [0.15, 0.2) is 42.7 Å². The molecule has 0 radical (unpaired) electrons. The Morgan fingerprint density at radius 3 is 2.53 bits per heavy atom. The van der Waals surface area contributed by atoms with Crippen molar-refractivity contribution in [2.75, 3.05) is 0 Å². The van der Waals surface area contributed by atoms with Gasteiger partial charge >= 0.3 is 0 Å². The zero-order valence-corrected chi connectivity index (χ0v) is 9.15. The molecule has 0 N–H and O–H groups in total. The summed E-state index contributed by atoms with van der Waals surface area (Å²) in [5, 5.41) is 0.489. The Morgan fingerprint density at radius 1 is 1.13 bits per heavy atom. The molecule has 0 saturated carbocycles. The number of rotatable bonds is 2. The molecule has 2 nitrogen and oxygen atoms in total. The molecule has 0 unspecified atom stereocenters. The molecule has 2 aromatic rings. The molecule has 3 heteroatoms. The predicted octanol–water partition coefficient (Wildman–Crippen LogP) is 3.28. The van der Waals surface area contributed by atoms with E-state index in [1.807, 2.05) is 18.2 Å². The van der Waals surface area contributed by atoms with Gasteiger partial charge in [0.1, 0.15) is 11.5 Å². The molecule has 76 valence electrons. The van der Waals surface area contributed by atoms with Crippen LogP contribution in [0.4, 0.5) is 0 Å². The average Bonchev–Trinajstić information content (AvgIpc) is 2.29. The second-order valence-electron chi connectivity index (χ2n) is 3.40. The normalized spacial score (nSPS) is 12.4. The van der Waals surface area contributed by atoms with E-state index in [9.17, 15) is 0 Å². The molecule has 15 heavy (non-hydrogen) atoms. The van der Waals surface area contributed by atoms with Crippen molar-refractivity contribution in [3.05, 3.63) is 59.1 Å². The minimum atomic E-state index is 0.242. The van der Waals surface area contributed by atoms with E-state index in [-0.39, 0.29) is 5.92 Å². The molecular formula is C12H11ClN2. The summed E-state index contributed by atoms with van der Waals surface area (Å²) in [6, 6.07) is 12.0. The third kappa shape index (κ3) is 2.34. The average molecular weight is 219 g/mol. The van der Waals surface area contributed by atoms with Gasteiger partial charge in [-0.1, -0.05) is 48.9 Å². The van der Waals surface area contributed by atoms with Crippen LogP contribution in [0.1, 0.15) is 24.1 Å². The largest absolute Gasteiger partial charge is 0.241 e. The van der Waals surface area contributed by atoms with Crippen molar-refractivity contribution < 1.29 is 0 Å². The zero-order chi connectivity index (χ0) is 10.7. The van der Waals surface area contributed by atoms with Gasteiger partial charge in [-0.15, -0.1) is 0 Å². The summed E-state index contributed by atoms with van der Waals surface area (Å²) in [4.78, 5) is 8.09. The topological polar surface area (TPSA) is 25.8 Å². The summed E-state index contributed by atoms with van der Waals surface area (Å²) in [6.07, 6.45) is 1.50. The van der Waals surface area contributed by atoms with Crippen molar-refractivity contribution in [3.63, 3.8) is 0 Å². The summed E-state index contributed by atoms with van der Waals surface area (Å²) in [5.41, 5.74) is 2.17. The van der Waals surface area contributed by atoms with E-state index in [4.69, 9.17) is 11.6 Å². The van der Waals surface area contributed by atoms with Crippen molar-refractivity contribution in [3.8, 4) is 0 Å². The number of hydrogen-bond acceptors (Lipinski definition) is 2. The van der Waals surface area contributed by atoms with E-state index < -0.39 is 0 Å². The number of nitrogens with zero attached hydrogens (tertiary/aromatic N) is 2. The van der Waals surface area contributed by atoms with Gasteiger partial charge in [-0.2, -0.15) is 0 Å². The minimum Gasteiger partial charge on any atom is -0.241 e. The van der Waals surface area contributed by atoms with E-state index >= 15 is 0 Å². The number of benzene rings is 1. The maximum atomic E-state index is 5.83. The number of halogens is 1. The Balaban J connectivity index is 2.32. The maximum absolute atomic E-state index is 5.83. The highest BCUT2D eigenvalue weighted by Gasteiger charge is 2.09. The molecule has 0 saturated heterocycles. The van der Waals surface area contributed by atoms with Crippen molar-refractivity contribution in [2.24, 2.45) is 0 Å². The first kappa shape index (κ1) is 10.1. The fraction of sp³-hybridized carbons (Fsp3) is 0.167. The Kier molecular flexibility index (Phi) is 2.97. The molecular weight excluding hydrogens is 208 g/mol. The molecule has 0 spiro atoms. The second-order valence-corrected chi connectivity index (χ2v) is 3.79. The zero-order valence-electron chi connectivity index (χ0n) is 8.39. The van der Waals surface area contributed by atoms with Crippen molar-refractivity contribution in [1.29, 1.82) is 0 Å². The lowest BCUT2D eigenvalue weighted by Crippen LogP contribution is -1.99. The molecule has 0 amide bonds. The Labute approximate surface area is 94.0 Å². The van der Waals surface area contributed by atoms with Crippen LogP contribution < -0.4 is 0 Å². The van der Waals surface area contributed by atoms with Crippen LogP contribution in [0.25, 0.3) is 0 Å². The van der Waals surface area contributed by atoms with E-state index in [0.29, 0.717) is 5.15 Å². The second kappa shape index (κ2) is 4.41. The molecule has 0 aliphatic heterocycles. The van der Waals surface area contributed by atoms with E-state index in [1.54, 1.807) is 6.07 Å². The van der Waals surface area contributed by atoms with Gasteiger partial charge in [0.2, 0.25) is 0 Å². The third-order valence-electron chi connectivity index (χ3n) is 2.40. The molecule has 1 heterocycles. The van der Waals surface area contributed by atoms with Crippen LogP contribution in [0.3, 0.4) is 0 Å². The quantitative estimate of drug-likeness (QED) is 0.723. The minimum absolute atomic E-state index is 0.242. The lowest BCUT2D eigenvalue weighted by atomic mass is 9.98. The molecule has 0 aliphatic rings. The summed E-state index contributed by atoms with van der Waals surface area (Å²) < 4.78 is 0. The first-order chi connectivity index (χ1) is 7.27. The smallest absolute Gasteiger partial charge is 0.132 e.